The van der Waals surface area contributed by atoms with Crippen molar-refractivity contribution >= 4 is 11.8 Å². The van der Waals surface area contributed by atoms with Gasteiger partial charge in [-0.25, -0.2) is 0 Å². The molecular formula is C15H20N2O2. The van der Waals surface area contributed by atoms with E-state index in [1.165, 1.54) is 5.56 Å². The summed E-state index contributed by atoms with van der Waals surface area (Å²) in [5.41, 5.74) is 1.84. The Morgan fingerprint density at radius 1 is 1.37 bits per heavy atom. The van der Waals surface area contributed by atoms with Crippen LogP contribution in [0.2, 0.25) is 0 Å². The van der Waals surface area contributed by atoms with E-state index in [-0.39, 0.29) is 11.8 Å². The van der Waals surface area contributed by atoms with Crippen molar-refractivity contribution in [2.75, 3.05) is 6.54 Å². The number of piperidine rings is 1. The second kappa shape index (κ2) is 6.36. The summed E-state index contributed by atoms with van der Waals surface area (Å²) in [5, 5.41) is 5.55. The van der Waals surface area contributed by atoms with Crippen LogP contribution in [0, 0.1) is 0 Å². The number of aryl methyl sites for hydroxylation is 1. The van der Waals surface area contributed by atoms with Gasteiger partial charge in [-0.05, 0) is 37.0 Å². The first-order chi connectivity index (χ1) is 9.20. The summed E-state index contributed by atoms with van der Waals surface area (Å²) in [4.78, 5) is 23.6. The summed E-state index contributed by atoms with van der Waals surface area (Å²) in [5.74, 6) is -0.257. The van der Waals surface area contributed by atoms with E-state index in [0.29, 0.717) is 18.5 Å². The molecule has 0 bridgehead atoms. The highest BCUT2D eigenvalue weighted by molar-refractivity contribution is 5.97. The topological polar surface area (TPSA) is 58.2 Å². The van der Waals surface area contributed by atoms with Gasteiger partial charge in [-0.15, -0.1) is 0 Å². The molecule has 1 aliphatic heterocycles. The molecule has 2 rings (SSSR count). The maximum absolute atomic E-state index is 12.0. The van der Waals surface area contributed by atoms with Crippen molar-refractivity contribution in [1.29, 1.82) is 0 Å². The van der Waals surface area contributed by atoms with Crippen molar-refractivity contribution in [3.63, 3.8) is 0 Å². The molecule has 102 valence electrons. The largest absolute Gasteiger partial charge is 0.354 e. The number of carbonyl (C=O) groups is 2. The molecule has 1 aromatic carbocycles. The molecule has 2 N–H and O–H groups in total. The summed E-state index contributed by atoms with van der Waals surface area (Å²) in [6.45, 7) is 2.83. The van der Waals surface area contributed by atoms with E-state index in [0.717, 1.165) is 19.3 Å². The van der Waals surface area contributed by atoms with Gasteiger partial charge in [0.2, 0.25) is 5.91 Å². The van der Waals surface area contributed by atoms with Crippen LogP contribution >= 0.6 is 0 Å². The van der Waals surface area contributed by atoms with E-state index >= 15 is 0 Å². The molecule has 1 aliphatic rings. The smallest absolute Gasteiger partial charge is 0.251 e. The molecule has 4 nitrogen and oxygen atoms in total. The Morgan fingerprint density at radius 2 is 2.11 bits per heavy atom. The van der Waals surface area contributed by atoms with Gasteiger partial charge >= 0.3 is 0 Å². The van der Waals surface area contributed by atoms with E-state index in [2.05, 4.69) is 17.6 Å². The second-order valence-corrected chi connectivity index (χ2v) is 4.91. The third kappa shape index (κ3) is 3.56. The van der Waals surface area contributed by atoms with Crippen LogP contribution in [0.4, 0.5) is 0 Å². The predicted octanol–water partition coefficient (Wildman–Crippen LogP) is 1.65. The molecule has 0 aliphatic carbocycles. The van der Waals surface area contributed by atoms with Gasteiger partial charge in [0.25, 0.3) is 5.91 Å². The van der Waals surface area contributed by atoms with E-state index in [1.54, 1.807) is 0 Å². The summed E-state index contributed by atoms with van der Waals surface area (Å²) in [6.07, 6.45) is 3.73. The Hall–Kier alpha value is -1.84. The standard InChI is InChI=1S/C15H20N2O2/c1-2-4-11-6-8-12(9-7-11)14(18)17-13-5-3-10-16-15(13)19/h6-9,13H,2-5,10H2,1H3,(H,16,19)(H,17,18)/t13-/m0/s1. The normalized spacial score (nSPS) is 18.8. The van der Waals surface area contributed by atoms with Crippen LogP contribution in [0.5, 0.6) is 0 Å². The molecule has 4 heteroatoms. The lowest BCUT2D eigenvalue weighted by Crippen LogP contribution is -2.50. The molecule has 0 unspecified atom stereocenters. The number of nitrogens with one attached hydrogen (secondary N) is 2. The number of amides is 2. The zero-order chi connectivity index (χ0) is 13.7. The van der Waals surface area contributed by atoms with E-state index < -0.39 is 6.04 Å². The summed E-state index contributed by atoms with van der Waals surface area (Å²) in [6, 6.07) is 7.19. The van der Waals surface area contributed by atoms with Crippen LogP contribution in [0.3, 0.4) is 0 Å². The third-order valence-corrected chi connectivity index (χ3v) is 3.35. The van der Waals surface area contributed by atoms with Gasteiger partial charge in [-0.3, -0.25) is 9.59 Å². The zero-order valence-electron chi connectivity index (χ0n) is 11.2. The van der Waals surface area contributed by atoms with Gasteiger partial charge in [-0.1, -0.05) is 25.5 Å². The third-order valence-electron chi connectivity index (χ3n) is 3.35. The summed E-state index contributed by atoms with van der Waals surface area (Å²) >= 11 is 0. The number of hydrogen-bond acceptors (Lipinski definition) is 2. The molecule has 19 heavy (non-hydrogen) atoms. The molecular weight excluding hydrogens is 240 g/mol. The summed E-state index contributed by atoms with van der Waals surface area (Å²) < 4.78 is 0. The van der Waals surface area contributed by atoms with E-state index in [4.69, 9.17) is 0 Å². The number of carbonyl (C=O) groups excluding carboxylic acids is 2. The average Bonchev–Trinajstić information content (AvgIpc) is 2.42. The molecule has 1 saturated heterocycles. The highest BCUT2D eigenvalue weighted by Gasteiger charge is 2.23. The fourth-order valence-electron chi connectivity index (χ4n) is 2.26. The molecule has 1 atom stereocenters. The average molecular weight is 260 g/mol. The quantitative estimate of drug-likeness (QED) is 0.864. The summed E-state index contributed by atoms with van der Waals surface area (Å²) in [7, 11) is 0. The van der Waals surface area contributed by atoms with Crippen molar-refractivity contribution in [2.45, 2.75) is 38.6 Å². The second-order valence-electron chi connectivity index (χ2n) is 4.91. The first-order valence-electron chi connectivity index (χ1n) is 6.88. The minimum absolute atomic E-state index is 0.0813. The van der Waals surface area contributed by atoms with Crippen molar-refractivity contribution in [1.82, 2.24) is 10.6 Å². The van der Waals surface area contributed by atoms with Crippen LogP contribution in [0.15, 0.2) is 24.3 Å². The lowest BCUT2D eigenvalue weighted by Gasteiger charge is -2.22. The minimum Gasteiger partial charge on any atom is -0.354 e. The number of benzene rings is 1. The molecule has 1 aromatic rings. The Labute approximate surface area is 113 Å². The molecule has 1 heterocycles. The van der Waals surface area contributed by atoms with Gasteiger partial charge in [0.1, 0.15) is 6.04 Å². The van der Waals surface area contributed by atoms with Crippen molar-refractivity contribution in [3.05, 3.63) is 35.4 Å². The van der Waals surface area contributed by atoms with E-state index in [1.807, 2.05) is 24.3 Å². The lowest BCUT2D eigenvalue weighted by atomic mass is 10.0. The Balaban J connectivity index is 1.97. The first-order valence-corrected chi connectivity index (χ1v) is 6.88. The maximum atomic E-state index is 12.0. The van der Waals surface area contributed by atoms with Crippen LogP contribution in [-0.2, 0) is 11.2 Å². The fraction of sp³-hybridized carbons (Fsp3) is 0.467. The van der Waals surface area contributed by atoms with Crippen molar-refractivity contribution in [3.8, 4) is 0 Å². The van der Waals surface area contributed by atoms with Gasteiger partial charge in [0, 0.05) is 12.1 Å². The lowest BCUT2D eigenvalue weighted by molar-refractivity contribution is -0.124. The number of rotatable bonds is 4. The first kappa shape index (κ1) is 13.6. The molecule has 0 radical (unpaired) electrons. The van der Waals surface area contributed by atoms with Crippen LogP contribution < -0.4 is 10.6 Å². The van der Waals surface area contributed by atoms with Gasteiger partial charge in [0.05, 0.1) is 0 Å². The molecule has 1 fully saturated rings. The Morgan fingerprint density at radius 3 is 2.74 bits per heavy atom. The van der Waals surface area contributed by atoms with Crippen LogP contribution in [0.1, 0.15) is 42.1 Å². The fourth-order valence-corrected chi connectivity index (χ4v) is 2.26. The van der Waals surface area contributed by atoms with Crippen LogP contribution in [0.25, 0.3) is 0 Å². The maximum Gasteiger partial charge on any atom is 0.251 e. The molecule has 2 amide bonds. The zero-order valence-corrected chi connectivity index (χ0v) is 11.2. The van der Waals surface area contributed by atoms with Crippen LogP contribution in [-0.4, -0.2) is 24.4 Å². The molecule has 0 saturated carbocycles. The van der Waals surface area contributed by atoms with Crippen molar-refractivity contribution < 1.29 is 9.59 Å². The molecule has 0 aromatic heterocycles. The highest BCUT2D eigenvalue weighted by atomic mass is 16.2. The molecule has 0 spiro atoms. The predicted molar refractivity (Wildman–Crippen MR) is 73.9 cm³/mol. The minimum atomic E-state index is -0.392. The van der Waals surface area contributed by atoms with Gasteiger partial charge in [-0.2, -0.15) is 0 Å². The monoisotopic (exact) mass is 260 g/mol. The van der Waals surface area contributed by atoms with Gasteiger partial charge in [0.15, 0.2) is 0 Å². The number of hydrogen-bond donors (Lipinski definition) is 2. The van der Waals surface area contributed by atoms with Crippen molar-refractivity contribution in [2.24, 2.45) is 0 Å². The SMILES string of the molecule is CCCc1ccc(C(=O)N[C@H]2CCCNC2=O)cc1. The Kier molecular flexibility index (Phi) is 4.55. The Bertz CT molecular complexity index is 454. The van der Waals surface area contributed by atoms with E-state index in [9.17, 15) is 9.59 Å². The van der Waals surface area contributed by atoms with Gasteiger partial charge < -0.3 is 10.6 Å². The highest BCUT2D eigenvalue weighted by Crippen LogP contribution is 2.08.